The number of carbonyl (C=O) groups excluding carboxylic acids is 1. The van der Waals surface area contributed by atoms with Gasteiger partial charge in [0.2, 0.25) is 5.91 Å². The molecule has 18 heavy (non-hydrogen) atoms. The lowest BCUT2D eigenvalue weighted by Crippen LogP contribution is -2.62. The van der Waals surface area contributed by atoms with Gasteiger partial charge >= 0.3 is 12.1 Å². The van der Waals surface area contributed by atoms with E-state index in [2.05, 4.69) is 0 Å². The monoisotopic (exact) mass is 270 g/mol. The van der Waals surface area contributed by atoms with E-state index in [-0.39, 0.29) is 6.42 Å². The second-order valence-electron chi connectivity index (χ2n) is 4.60. The maximum Gasteiger partial charge on any atom is 0.415 e. The van der Waals surface area contributed by atoms with Gasteiger partial charge in [0.1, 0.15) is 0 Å². The van der Waals surface area contributed by atoms with Crippen molar-refractivity contribution in [3.63, 3.8) is 0 Å². The summed E-state index contributed by atoms with van der Waals surface area (Å²) < 4.78 is 37.3. The van der Waals surface area contributed by atoms with Crippen LogP contribution < -0.4 is 11.1 Å². The minimum Gasteiger partial charge on any atom is -0.481 e. The summed E-state index contributed by atoms with van der Waals surface area (Å²) in [5.74, 6) is -2.65. The zero-order valence-corrected chi connectivity index (χ0v) is 10.4. The number of alkyl halides is 3. The highest BCUT2D eigenvalue weighted by Crippen LogP contribution is 2.28. The van der Waals surface area contributed by atoms with Gasteiger partial charge in [-0.3, -0.25) is 9.59 Å². The third-order valence-electron chi connectivity index (χ3n) is 3.00. The Morgan fingerprint density at radius 3 is 2.00 bits per heavy atom. The molecule has 0 aliphatic heterocycles. The van der Waals surface area contributed by atoms with E-state index >= 15 is 0 Å². The molecule has 0 aromatic heterocycles. The van der Waals surface area contributed by atoms with E-state index in [0.29, 0.717) is 6.92 Å². The summed E-state index contributed by atoms with van der Waals surface area (Å²) in [5, 5.41) is 10.8. The van der Waals surface area contributed by atoms with Crippen LogP contribution in [0.25, 0.3) is 0 Å². The lowest BCUT2D eigenvalue weighted by Gasteiger charge is -2.29. The minimum absolute atomic E-state index is 0.163. The van der Waals surface area contributed by atoms with Gasteiger partial charge in [0.15, 0.2) is 5.54 Å². The fourth-order valence-corrected chi connectivity index (χ4v) is 0.940. The van der Waals surface area contributed by atoms with Crippen molar-refractivity contribution in [1.82, 2.24) is 5.32 Å². The van der Waals surface area contributed by atoms with Gasteiger partial charge in [-0.25, -0.2) is 0 Å². The highest BCUT2D eigenvalue weighted by molar-refractivity contribution is 5.87. The number of nitrogens with two attached hydrogens (primary N) is 1. The Hall–Kier alpha value is -1.31. The van der Waals surface area contributed by atoms with Gasteiger partial charge in [-0.15, -0.1) is 0 Å². The third-order valence-corrected chi connectivity index (χ3v) is 3.00. The highest BCUT2D eigenvalue weighted by atomic mass is 19.4. The summed E-state index contributed by atoms with van der Waals surface area (Å²) >= 11 is 0. The van der Waals surface area contributed by atoms with Crippen LogP contribution >= 0.6 is 0 Å². The average Bonchev–Trinajstić information content (AvgIpc) is 2.23. The number of amides is 1. The first-order valence-corrected chi connectivity index (χ1v) is 5.26. The standard InChI is InChI=1S/C10H17F3N2O3/c1-4-8(2,7(17)18)5-15-6(16)9(3,14)10(11,12)13/h4-5,14H2,1-3H3,(H,15,16)(H,17,18). The smallest absolute Gasteiger partial charge is 0.415 e. The third kappa shape index (κ3) is 3.34. The van der Waals surface area contributed by atoms with Crippen LogP contribution in [-0.2, 0) is 9.59 Å². The summed E-state index contributed by atoms with van der Waals surface area (Å²) in [6.45, 7) is 3.01. The lowest BCUT2D eigenvalue weighted by atomic mass is 9.87. The molecule has 8 heteroatoms. The Labute approximate surface area is 103 Å². The Morgan fingerprint density at radius 2 is 1.72 bits per heavy atom. The summed E-state index contributed by atoms with van der Waals surface area (Å²) in [4.78, 5) is 22.3. The topological polar surface area (TPSA) is 92.4 Å². The highest BCUT2D eigenvalue weighted by Gasteiger charge is 2.54. The second-order valence-corrected chi connectivity index (χ2v) is 4.60. The predicted molar refractivity (Wildman–Crippen MR) is 57.7 cm³/mol. The maximum atomic E-state index is 12.4. The van der Waals surface area contributed by atoms with E-state index in [4.69, 9.17) is 10.8 Å². The minimum atomic E-state index is -4.90. The molecule has 0 saturated heterocycles. The first-order valence-electron chi connectivity index (χ1n) is 5.26. The maximum absolute atomic E-state index is 12.4. The summed E-state index contributed by atoms with van der Waals surface area (Å²) in [6, 6.07) is 0. The van der Waals surface area contributed by atoms with Gasteiger partial charge in [-0.2, -0.15) is 13.2 Å². The van der Waals surface area contributed by atoms with Crippen molar-refractivity contribution >= 4 is 11.9 Å². The Balaban J connectivity index is 4.76. The summed E-state index contributed by atoms with van der Waals surface area (Å²) in [6.07, 6.45) is -4.74. The molecule has 2 atom stereocenters. The van der Waals surface area contributed by atoms with Crippen molar-refractivity contribution in [3.05, 3.63) is 0 Å². The van der Waals surface area contributed by atoms with E-state index in [1.54, 1.807) is 6.92 Å². The SMILES string of the molecule is CCC(C)(CNC(=O)C(C)(N)C(F)(F)F)C(=O)O. The van der Waals surface area contributed by atoms with Gasteiger partial charge in [0.05, 0.1) is 5.41 Å². The zero-order valence-electron chi connectivity index (χ0n) is 10.4. The molecule has 0 radical (unpaired) electrons. The molecule has 0 aliphatic rings. The van der Waals surface area contributed by atoms with Gasteiger partial charge in [0.25, 0.3) is 0 Å². The quantitative estimate of drug-likeness (QED) is 0.691. The second kappa shape index (κ2) is 5.13. The number of rotatable bonds is 5. The van der Waals surface area contributed by atoms with Crippen LogP contribution in [0.3, 0.4) is 0 Å². The molecule has 2 unspecified atom stereocenters. The van der Waals surface area contributed by atoms with E-state index in [9.17, 15) is 22.8 Å². The van der Waals surface area contributed by atoms with E-state index in [1.807, 2.05) is 5.32 Å². The molecular weight excluding hydrogens is 253 g/mol. The van der Waals surface area contributed by atoms with Crippen LogP contribution in [0.4, 0.5) is 13.2 Å². The van der Waals surface area contributed by atoms with Crippen LogP contribution in [0.1, 0.15) is 27.2 Å². The number of halogens is 3. The Bertz CT molecular complexity index is 342. The van der Waals surface area contributed by atoms with Gasteiger partial charge in [0, 0.05) is 6.54 Å². The molecular formula is C10H17F3N2O3. The molecule has 0 spiro atoms. The molecule has 0 saturated carbocycles. The molecule has 0 aromatic carbocycles. The average molecular weight is 270 g/mol. The van der Waals surface area contributed by atoms with Crippen LogP contribution in [0, 0.1) is 5.41 Å². The molecule has 0 bridgehead atoms. The Morgan fingerprint density at radius 1 is 1.28 bits per heavy atom. The fraction of sp³-hybridized carbons (Fsp3) is 0.800. The van der Waals surface area contributed by atoms with Gasteiger partial charge in [-0.1, -0.05) is 6.92 Å². The molecule has 1 amide bonds. The fourth-order valence-electron chi connectivity index (χ4n) is 0.940. The van der Waals surface area contributed by atoms with Crippen LogP contribution in [0.15, 0.2) is 0 Å². The first kappa shape index (κ1) is 16.7. The van der Waals surface area contributed by atoms with E-state index < -0.39 is 35.6 Å². The number of carbonyl (C=O) groups is 2. The van der Waals surface area contributed by atoms with E-state index in [0.717, 1.165) is 0 Å². The summed E-state index contributed by atoms with van der Waals surface area (Å²) in [5.41, 5.74) is 0.536. The van der Waals surface area contributed by atoms with Crippen molar-refractivity contribution in [2.45, 2.75) is 38.9 Å². The van der Waals surface area contributed by atoms with Crippen LogP contribution in [-0.4, -0.2) is 35.2 Å². The number of hydrogen-bond acceptors (Lipinski definition) is 3. The number of aliphatic carboxylic acids is 1. The number of carboxylic acids is 1. The largest absolute Gasteiger partial charge is 0.481 e. The molecule has 0 aliphatic carbocycles. The Kier molecular flexibility index (Phi) is 4.76. The molecule has 5 nitrogen and oxygen atoms in total. The van der Waals surface area contributed by atoms with Crippen molar-refractivity contribution in [1.29, 1.82) is 0 Å². The molecule has 0 heterocycles. The van der Waals surface area contributed by atoms with Crippen LogP contribution in [0.2, 0.25) is 0 Å². The molecule has 0 aromatic rings. The molecule has 0 rings (SSSR count). The van der Waals surface area contributed by atoms with Crippen molar-refractivity contribution < 1.29 is 27.9 Å². The van der Waals surface area contributed by atoms with Crippen molar-refractivity contribution in [2.24, 2.45) is 11.1 Å². The number of nitrogens with one attached hydrogen (secondary N) is 1. The van der Waals surface area contributed by atoms with Crippen molar-refractivity contribution in [3.8, 4) is 0 Å². The zero-order chi connectivity index (χ0) is 14.8. The molecule has 4 N–H and O–H groups in total. The van der Waals surface area contributed by atoms with Gasteiger partial charge in [-0.05, 0) is 20.3 Å². The lowest BCUT2D eigenvalue weighted by molar-refractivity contribution is -0.187. The number of hydrogen-bond donors (Lipinski definition) is 3. The predicted octanol–water partition coefficient (Wildman–Crippen LogP) is 0.883. The molecule has 106 valence electrons. The molecule has 0 fully saturated rings. The first-order chi connectivity index (χ1) is 7.88. The van der Waals surface area contributed by atoms with Crippen molar-refractivity contribution in [2.75, 3.05) is 6.54 Å². The van der Waals surface area contributed by atoms with Gasteiger partial charge < -0.3 is 16.2 Å². The summed E-state index contributed by atoms with van der Waals surface area (Å²) in [7, 11) is 0. The normalized spacial score (nSPS) is 18.6. The van der Waals surface area contributed by atoms with Crippen LogP contribution in [0.5, 0.6) is 0 Å². The number of carboxylic acid groups (broad SMARTS) is 1. The van der Waals surface area contributed by atoms with E-state index in [1.165, 1.54) is 6.92 Å².